The fourth-order valence-electron chi connectivity index (χ4n) is 4.94. The molecule has 0 aromatic rings. The van der Waals surface area contributed by atoms with Gasteiger partial charge in [-0.2, -0.15) is 0 Å². The Morgan fingerprint density at radius 2 is 1.80 bits per heavy atom. The Bertz CT molecular complexity index is 353. The van der Waals surface area contributed by atoms with E-state index in [1.807, 2.05) is 0 Å². The van der Waals surface area contributed by atoms with E-state index in [-0.39, 0.29) is 0 Å². The highest BCUT2D eigenvalue weighted by atomic mass is 16.1. The van der Waals surface area contributed by atoms with Gasteiger partial charge in [-0.15, -0.1) is 0 Å². The van der Waals surface area contributed by atoms with Crippen molar-refractivity contribution in [2.24, 2.45) is 17.8 Å². The Labute approximate surface area is 124 Å². The molecule has 2 heteroatoms. The fraction of sp³-hybridized carbons (Fsp3) is 0.944. The quantitative estimate of drug-likeness (QED) is 0.759. The molecule has 3 rings (SSSR count). The molecule has 20 heavy (non-hydrogen) atoms. The first-order chi connectivity index (χ1) is 9.66. The molecule has 0 bridgehead atoms. The van der Waals surface area contributed by atoms with Crippen LogP contribution in [-0.4, -0.2) is 29.3 Å². The van der Waals surface area contributed by atoms with E-state index in [4.69, 9.17) is 0 Å². The third-order valence-electron chi connectivity index (χ3n) is 6.45. The lowest BCUT2D eigenvalue weighted by Crippen LogP contribution is -2.48. The molecule has 5 atom stereocenters. The highest BCUT2D eigenvalue weighted by Crippen LogP contribution is 2.39. The molecule has 0 amide bonds. The minimum atomic E-state index is 0.376. The van der Waals surface area contributed by atoms with Crippen LogP contribution >= 0.6 is 0 Å². The summed E-state index contributed by atoms with van der Waals surface area (Å²) in [5, 5.41) is 0. The maximum atomic E-state index is 12.3. The molecule has 1 heterocycles. The SMILES string of the molecule is CC1CCC(N2CCCC2C2CCCCC2=O)CC1C. The van der Waals surface area contributed by atoms with Crippen molar-refractivity contribution in [1.29, 1.82) is 0 Å². The van der Waals surface area contributed by atoms with Crippen LogP contribution in [-0.2, 0) is 4.79 Å². The zero-order valence-electron chi connectivity index (χ0n) is 13.3. The second-order valence-electron chi connectivity index (χ2n) is 7.69. The van der Waals surface area contributed by atoms with Gasteiger partial charge in [0.15, 0.2) is 0 Å². The maximum absolute atomic E-state index is 12.3. The topological polar surface area (TPSA) is 20.3 Å². The zero-order chi connectivity index (χ0) is 14.1. The van der Waals surface area contributed by atoms with Crippen molar-refractivity contribution in [3.05, 3.63) is 0 Å². The summed E-state index contributed by atoms with van der Waals surface area (Å²) in [6, 6.07) is 1.36. The summed E-state index contributed by atoms with van der Waals surface area (Å²) < 4.78 is 0. The summed E-state index contributed by atoms with van der Waals surface area (Å²) in [6.07, 6.45) is 11.1. The molecule has 5 unspecified atom stereocenters. The molecule has 0 radical (unpaired) electrons. The summed E-state index contributed by atoms with van der Waals surface area (Å²) in [5.74, 6) is 2.70. The normalized spacial score (nSPS) is 43.9. The first-order valence-corrected chi connectivity index (χ1v) is 8.95. The Kier molecular flexibility index (Phi) is 4.49. The van der Waals surface area contributed by atoms with Gasteiger partial charge in [-0.3, -0.25) is 9.69 Å². The zero-order valence-corrected chi connectivity index (χ0v) is 13.3. The van der Waals surface area contributed by atoms with Crippen molar-refractivity contribution < 1.29 is 4.79 Å². The third kappa shape index (κ3) is 2.81. The lowest BCUT2D eigenvalue weighted by atomic mass is 9.77. The van der Waals surface area contributed by atoms with Crippen LogP contribution in [0.5, 0.6) is 0 Å². The highest BCUT2D eigenvalue weighted by molar-refractivity contribution is 5.82. The lowest BCUT2D eigenvalue weighted by Gasteiger charge is -2.42. The standard InChI is InChI=1S/C18H31NO/c1-13-9-10-15(12-14(13)2)19-11-5-7-17(19)16-6-3-4-8-18(16)20/h13-17H,3-12H2,1-2H3. The van der Waals surface area contributed by atoms with E-state index < -0.39 is 0 Å². The predicted octanol–water partition coefficient (Wildman–Crippen LogP) is 4.03. The van der Waals surface area contributed by atoms with Crippen molar-refractivity contribution in [2.75, 3.05) is 6.54 Å². The van der Waals surface area contributed by atoms with Gasteiger partial charge >= 0.3 is 0 Å². The largest absolute Gasteiger partial charge is 0.299 e. The van der Waals surface area contributed by atoms with Crippen LogP contribution in [0.2, 0.25) is 0 Å². The second-order valence-corrected chi connectivity index (χ2v) is 7.69. The van der Waals surface area contributed by atoms with E-state index >= 15 is 0 Å². The number of likely N-dealkylation sites (tertiary alicyclic amines) is 1. The van der Waals surface area contributed by atoms with E-state index in [9.17, 15) is 4.79 Å². The number of rotatable bonds is 2. The smallest absolute Gasteiger partial charge is 0.137 e. The van der Waals surface area contributed by atoms with Gasteiger partial charge in [-0.25, -0.2) is 0 Å². The summed E-state index contributed by atoms with van der Waals surface area (Å²) in [7, 11) is 0. The van der Waals surface area contributed by atoms with Crippen LogP contribution in [0.1, 0.15) is 71.6 Å². The molecular weight excluding hydrogens is 246 g/mol. The minimum absolute atomic E-state index is 0.376. The van der Waals surface area contributed by atoms with Crippen molar-refractivity contribution in [2.45, 2.75) is 83.7 Å². The van der Waals surface area contributed by atoms with Gasteiger partial charge in [-0.05, 0) is 63.3 Å². The van der Waals surface area contributed by atoms with Crippen molar-refractivity contribution in [3.8, 4) is 0 Å². The molecule has 114 valence electrons. The van der Waals surface area contributed by atoms with Gasteiger partial charge in [0.25, 0.3) is 0 Å². The molecule has 2 nitrogen and oxygen atoms in total. The van der Waals surface area contributed by atoms with Crippen molar-refractivity contribution >= 4 is 5.78 Å². The second kappa shape index (κ2) is 6.17. The monoisotopic (exact) mass is 277 g/mol. The molecule has 0 N–H and O–H groups in total. The number of carbonyl (C=O) groups is 1. The molecule has 2 saturated carbocycles. The number of Topliss-reactive ketones (excluding diaryl/α,β-unsaturated/α-hetero) is 1. The first kappa shape index (κ1) is 14.6. The molecule has 0 aromatic heterocycles. The van der Waals surface area contributed by atoms with Crippen LogP contribution in [0, 0.1) is 17.8 Å². The van der Waals surface area contributed by atoms with E-state index in [0.29, 0.717) is 17.7 Å². The van der Waals surface area contributed by atoms with Crippen molar-refractivity contribution in [1.82, 2.24) is 4.90 Å². The molecule has 0 aromatic carbocycles. The number of carbonyl (C=O) groups excluding carboxylic acids is 1. The average molecular weight is 277 g/mol. The number of hydrogen-bond acceptors (Lipinski definition) is 2. The summed E-state index contributed by atoms with van der Waals surface area (Å²) in [4.78, 5) is 15.1. The summed E-state index contributed by atoms with van der Waals surface area (Å²) >= 11 is 0. The molecule has 1 saturated heterocycles. The third-order valence-corrected chi connectivity index (χ3v) is 6.45. The highest BCUT2D eigenvalue weighted by Gasteiger charge is 2.40. The molecule has 2 aliphatic carbocycles. The Morgan fingerprint density at radius 3 is 2.55 bits per heavy atom. The van der Waals surface area contributed by atoms with Gasteiger partial charge in [0.05, 0.1) is 0 Å². The predicted molar refractivity (Wildman–Crippen MR) is 82.7 cm³/mol. The van der Waals surface area contributed by atoms with Crippen LogP contribution in [0.4, 0.5) is 0 Å². The van der Waals surface area contributed by atoms with Crippen LogP contribution in [0.15, 0.2) is 0 Å². The molecule has 3 fully saturated rings. The summed E-state index contributed by atoms with van der Waals surface area (Å²) in [5.41, 5.74) is 0. The number of ketones is 1. The van der Waals surface area contributed by atoms with Gasteiger partial charge in [0.2, 0.25) is 0 Å². The Morgan fingerprint density at radius 1 is 0.950 bits per heavy atom. The lowest BCUT2D eigenvalue weighted by molar-refractivity contribution is -0.127. The molecular formula is C18H31NO. The number of hydrogen-bond donors (Lipinski definition) is 0. The van der Waals surface area contributed by atoms with Gasteiger partial charge < -0.3 is 0 Å². The van der Waals surface area contributed by atoms with E-state index in [0.717, 1.165) is 30.7 Å². The maximum Gasteiger partial charge on any atom is 0.137 e. The first-order valence-electron chi connectivity index (χ1n) is 8.95. The number of nitrogens with zero attached hydrogens (tertiary/aromatic N) is 1. The van der Waals surface area contributed by atoms with Crippen LogP contribution in [0.3, 0.4) is 0 Å². The molecule has 1 aliphatic heterocycles. The molecule has 3 aliphatic rings. The minimum Gasteiger partial charge on any atom is -0.299 e. The van der Waals surface area contributed by atoms with Gasteiger partial charge in [0, 0.05) is 24.4 Å². The fourth-order valence-corrected chi connectivity index (χ4v) is 4.94. The Hall–Kier alpha value is -0.370. The van der Waals surface area contributed by atoms with E-state index in [1.54, 1.807) is 0 Å². The Balaban J connectivity index is 1.67. The van der Waals surface area contributed by atoms with Crippen LogP contribution in [0.25, 0.3) is 0 Å². The van der Waals surface area contributed by atoms with Gasteiger partial charge in [0.1, 0.15) is 5.78 Å². The molecule has 0 spiro atoms. The van der Waals surface area contributed by atoms with Gasteiger partial charge in [-0.1, -0.05) is 20.3 Å². The van der Waals surface area contributed by atoms with E-state index in [2.05, 4.69) is 18.7 Å². The average Bonchev–Trinajstić information content (AvgIpc) is 2.91. The van der Waals surface area contributed by atoms with Crippen molar-refractivity contribution in [3.63, 3.8) is 0 Å². The van der Waals surface area contributed by atoms with Crippen LogP contribution < -0.4 is 0 Å². The van der Waals surface area contributed by atoms with E-state index in [1.165, 1.54) is 51.5 Å². The summed E-state index contributed by atoms with van der Waals surface area (Å²) in [6.45, 7) is 6.08.